The van der Waals surface area contributed by atoms with Crippen LogP contribution < -0.4 is 5.32 Å². The lowest BCUT2D eigenvalue weighted by molar-refractivity contribution is -0.122. The summed E-state index contributed by atoms with van der Waals surface area (Å²) < 4.78 is 0.743. The Labute approximate surface area is 120 Å². The Kier molecular flexibility index (Phi) is 5.71. The monoisotopic (exact) mass is 322 g/mol. The zero-order valence-corrected chi connectivity index (χ0v) is 12.5. The molecule has 1 aromatic rings. The van der Waals surface area contributed by atoms with Crippen LogP contribution in [0.1, 0.15) is 29.3 Å². The summed E-state index contributed by atoms with van der Waals surface area (Å²) in [5, 5.41) is 11.6. The lowest BCUT2D eigenvalue weighted by Gasteiger charge is -2.11. The molecular formula is C14H15BrN2O2. The largest absolute Gasteiger partial charge is 0.355 e. The predicted octanol–water partition coefficient (Wildman–Crippen LogP) is 2.61. The highest BCUT2D eigenvalue weighted by molar-refractivity contribution is 9.10. The summed E-state index contributed by atoms with van der Waals surface area (Å²) in [5.74, 6) is -2.29. The van der Waals surface area contributed by atoms with E-state index in [1.807, 2.05) is 13.0 Å². The Balaban J connectivity index is 2.99. The molecule has 5 heteroatoms. The number of hydrogen-bond donors (Lipinski definition) is 1. The third kappa shape index (κ3) is 3.90. The lowest BCUT2D eigenvalue weighted by atomic mass is 9.95. The van der Waals surface area contributed by atoms with Gasteiger partial charge in [0.05, 0.1) is 6.07 Å². The van der Waals surface area contributed by atoms with Gasteiger partial charge < -0.3 is 5.32 Å². The van der Waals surface area contributed by atoms with Gasteiger partial charge in [-0.15, -0.1) is 0 Å². The summed E-state index contributed by atoms with van der Waals surface area (Å²) in [6.07, 6.45) is 0.758. The van der Waals surface area contributed by atoms with Crippen molar-refractivity contribution in [3.63, 3.8) is 0 Å². The molecule has 1 atom stereocenters. The predicted molar refractivity (Wildman–Crippen MR) is 75.6 cm³/mol. The van der Waals surface area contributed by atoms with Gasteiger partial charge >= 0.3 is 0 Å². The topological polar surface area (TPSA) is 70.0 Å². The zero-order valence-electron chi connectivity index (χ0n) is 10.9. The summed E-state index contributed by atoms with van der Waals surface area (Å²) in [5.41, 5.74) is 1.14. The maximum absolute atomic E-state index is 12.2. The highest BCUT2D eigenvalue weighted by atomic mass is 79.9. The molecule has 0 saturated carbocycles. The normalized spacial score (nSPS) is 11.5. The van der Waals surface area contributed by atoms with Crippen molar-refractivity contribution >= 4 is 27.6 Å². The average Bonchev–Trinajstić information content (AvgIpc) is 2.39. The summed E-state index contributed by atoms with van der Waals surface area (Å²) in [6.45, 7) is 4.14. The lowest BCUT2D eigenvalue weighted by Crippen LogP contribution is -2.35. The SMILES string of the molecule is CCCNC(=O)C(C#N)C(=O)c1cc(Br)ccc1C. The maximum atomic E-state index is 12.2. The summed E-state index contributed by atoms with van der Waals surface area (Å²) in [7, 11) is 0. The summed E-state index contributed by atoms with van der Waals surface area (Å²) in [4.78, 5) is 24.0. The molecule has 0 aromatic heterocycles. The molecule has 1 N–H and O–H groups in total. The minimum Gasteiger partial charge on any atom is -0.355 e. The number of Topliss-reactive ketones (excluding diaryl/α,β-unsaturated/α-hetero) is 1. The van der Waals surface area contributed by atoms with Crippen LogP contribution in [0.25, 0.3) is 0 Å². The van der Waals surface area contributed by atoms with Crippen molar-refractivity contribution in [2.45, 2.75) is 20.3 Å². The van der Waals surface area contributed by atoms with Crippen molar-refractivity contribution in [2.75, 3.05) is 6.54 Å². The van der Waals surface area contributed by atoms with Gasteiger partial charge in [0.25, 0.3) is 0 Å². The van der Waals surface area contributed by atoms with Crippen LogP contribution in [-0.2, 0) is 4.79 Å². The van der Waals surface area contributed by atoms with Gasteiger partial charge in [0.2, 0.25) is 5.91 Å². The van der Waals surface area contributed by atoms with E-state index < -0.39 is 17.6 Å². The van der Waals surface area contributed by atoms with Gasteiger partial charge in [-0.25, -0.2) is 0 Å². The summed E-state index contributed by atoms with van der Waals surface area (Å²) >= 11 is 3.28. The zero-order chi connectivity index (χ0) is 14.4. The van der Waals surface area contributed by atoms with Gasteiger partial charge in [0.15, 0.2) is 11.7 Å². The summed E-state index contributed by atoms with van der Waals surface area (Å²) in [6, 6.07) is 7.00. The van der Waals surface area contributed by atoms with E-state index in [1.54, 1.807) is 25.1 Å². The molecule has 0 aliphatic heterocycles. The Bertz CT molecular complexity index is 535. The number of nitrogens with one attached hydrogen (secondary N) is 1. The Morgan fingerprint density at radius 1 is 1.47 bits per heavy atom. The number of nitriles is 1. The van der Waals surface area contributed by atoms with E-state index in [-0.39, 0.29) is 0 Å². The molecule has 0 radical (unpaired) electrons. The molecule has 0 fully saturated rings. The molecule has 4 nitrogen and oxygen atoms in total. The fourth-order valence-corrected chi connectivity index (χ4v) is 1.96. The number of halogens is 1. The second-order valence-corrected chi connectivity index (χ2v) is 5.09. The van der Waals surface area contributed by atoms with Crippen LogP contribution in [0.2, 0.25) is 0 Å². The number of aryl methyl sites for hydroxylation is 1. The van der Waals surface area contributed by atoms with Crippen LogP contribution in [0.15, 0.2) is 22.7 Å². The first kappa shape index (κ1) is 15.4. The number of ketones is 1. The molecular weight excluding hydrogens is 308 g/mol. The smallest absolute Gasteiger partial charge is 0.245 e. The van der Waals surface area contributed by atoms with E-state index >= 15 is 0 Å². The maximum Gasteiger partial charge on any atom is 0.245 e. The van der Waals surface area contributed by atoms with E-state index in [0.717, 1.165) is 16.5 Å². The molecule has 1 aromatic carbocycles. The second-order valence-electron chi connectivity index (χ2n) is 4.18. The fourth-order valence-electron chi connectivity index (χ4n) is 1.60. The van der Waals surface area contributed by atoms with Crippen molar-refractivity contribution < 1.29 is 9.59 Å². The van der Waals surface area contributed by atoms with Gasteiger partial charge in [0.1, 0.15) is 0 Å². The Hall–Kier alpha value is -1.67. The highest BCUT2D eigenvalue weighted by Gasteiger charge is 2.28. The standard InChI is InChI=1S/C14H15BrN2O2/c1-3-6-17-14(19)12(8-16)13(18)11-7-10(15)5-4-9(11)2/h4-5,7,12H,3,6H2,1-2H3,(H,17,19). The van der Waals surface area contributed by atoms with E-state index in [0.29, 0.717) is 12.1 Å². The minimum atomic E-state index is -1.29. The van der Waals surface area contributed by atoms with Gasteiger partial charge in [-0.3, -0.25) is 9.59 Å². The molecule has 1 unspecified atom stereocenters. The Morgan fingerprint density at radius 3 is 2.74 bits per heavy atom. The van der Waals surface area contributed by atoms with Crippen LogP contribution in [0.4, 0.5) is 0 Å². The molecule has 0 heterocycles. The second kappa shape index (κ2) is 7.05. The van der Waals surface area contributed by atoms with E-state index in [9.17, 15) is 9.59 Å². The third-order valence-electron chi connectivity index (χ3n) is 2.67. The van der Waals surface area contributed by atoms with Gasteiger partial charge in [0, 0.05) is 16.6 Å². The quantitative estimate of drug-likeness (QED) is 0.669. The molecule has 0 spiro atoms. The molecule has 0 saturated heterocycles. The van der Waals surface area contributed by atoms with Gasteiger partial charge in [-0.1, -0.05) is 28.9 Å². The number of amides is 1. The number of hydrogen-bond acceptors (Lipinski definition) is 3. The number of rotatable bonds is 5. The van der Waals surface area contributed by atoms with E-state index in [1.165, 1.54) is 0 Å². The molecule has 100 valence electrons. The van der Waals surface area contributed by atoms with Crippen LogP contribution in [0, 0.1) is 24.2 Å². The Morgan fingerprint density at radius 2 is 2.16 bits per heavy atom. The number of carbonyl (C=O) groups is 2. The third-order valence-corrected chi connectivity index (χ3v) is 3.16. The van der Waals surface area contributed by atoms with E-state index in [4.69, 9.17) is 5.26 Å². The van der Waals surface area contributed by atoms with Crippen LogP contribution in [-0.4, -0.2) is 18.2 Å². The van der Waals surface area contributed by atoms with Crippen molar-refractivity contribution in [1.82, 2.24) is 5.32 Å². The van der Waals surface area contributed by atoms with Crippen molar-refractivity contribution in [3.05, 3.63) is 33.8 Å². The molecule has 0 bridgehead atoms. The number of carbonyl (C=O) groups excluding carboxylic acids is 2. The van der Waals surface area contributed by atoms with Crippen molar-refractivity contribution in [3.8, 4) is 6.07 Å². The first-order valence-electron chi connectivity index (χ1n) is 5.99. The van der Waals surface area contributed by atoms with Crippen LogP contribution in [0.5, 0.6) is 0 Å². The number of benzene rings is 1. The van der Waals surface area contributed by atoms with Gasteiger partial charge in [-0.05, 0) is 31.0 Å². The van der Waals surface area contributed by atoms with Crippen molar-refractivity contribution in [1.29, 1.82) is 5.26 Å². The van der Waals surface area contributed by atoms with Crippen molar-refractivity contribution in [2.24, 2.45) is 5.92 Å². The number of nitrogens with zero attached hydrogens (tertiary/aromatic N) is 1. The van der Waals surface area contributed by atoms with E-state index in [2.05, 4.69) is 21.2 Å². The molecule has 1 rings (SSSR count). The minimum absolute atomic E-state index is 0.396. The molecule has 0 aliphatic carbocycles. The average molecular weight is 323 g/mol. The van der Waals surface area contributed by atoms with Crippen LogP contribution in [0.3, 0.4) is 0 Å². The fraction of sp³-hybridized carbons (Fsp3) is 0.357. The molecule has 0 aliphatic rings. The first-order valence-corrected chi connectivity index (χ1v) is 6.78. The highest BCUT2D eigenvalue weighted by Crippen LogP contribution is 2.19. The first-order chi connectivity index (χ1) is 9.01. The van der Waals surface area contributed by atoms with Gasteiger partial charge in [-0.2, -0.15) is 5.26 Å². The molecule has 19 heavy (non-hydrogen) atoms. The molecule has 1 amide bonds. The van der Waals surface area contributed by atoms with Crippen LogP contribution >= 0.6 is 15.9 Å².